The molecule has 1 heteroatoms. The van der Waals surface area contributed by atoms with Crippen molar-refractivity contribution in [2.45, 2.75) is 38.2 Å². The highest BCUT2D eigenvalue weighted by atomic mass is 16.3. The first-order valence-electron chi connectivity index (χ1n) is 7.02. The van der Waals surface area contributed by atoms with Crippen LogP contribution in [0, 0.1) is 0 Å². The molecule has 0 bridgehead atoms. The predicted molar refractivity (Wildman–Crippen MR) is 79.1 cm³/mol. The predicted octanol–water partition coefficient (Wildman–Crippen LogP) is 4.46. The average molecular weight is 252 g/mol. The van der Waals surface area contributed by atoms with Crippen molar-refractivity contribution in [1.82, 2.24) is 0 Å². The Morgan fingerprint density at radius 1 is 1.00 bits per heavy atom. The summed E-state index contributed by atoms with van der Waals surface area (Å²) in [5.74, 6) is 0.484. The molecular formula is C18H20O. The number of benzene rings is 2. The van der Waals surface area contributed by atoms with E-state index >= 15 is 0 Å². The minimum absolute atomic E-state index is 0.484. The fraction of sp³-hybridized carbons (Fsp3) is 0.333. The minimum Gasteiger partial charge on any atom is -0.385 e. The van der Waals surface area contributed by atoms with Crippen molar-refractivity contribution in [3.63, 3.8) is 0 Å². The van der Waals surface area contributed by atoms with Gasteiger partial charge in [-0.1, -0.05) is 56.3 Å². The molecule has 0 saturated heterocycles. The Morgan fingerprint density at radius 2 is 1.68 bits per heavy atom. The van der Waals surface area contributed by atoms with E-state index in [-0.39, 0.29) is 0 Å². The molecule has 1 fully saturated rings. The van der Waals surface area contributed by atoms with Gasteiger partial charge >= 0.3 is 0 Å². The lowest BCUT2D eigenvalue weighted by molar-refractivity contribution is 0.151. The van der Waals surface area contributed by atoms with E-state index in [1.165, 1.54) is 16.7 Å². The Morgan fingerprint density at radius 3 is 2.26 bits per heavy atom. The molecule has 2 aromatic carbocycles. The molecule has 1 N–H and O–H groups in total. The molecule has 1 nitrogen and oxygen atoms in total. The van der Waals surface area contributed by atoms with Crippen LogP contribution in [0.3, 0.4) is 0 Å². The number of rotatable bonds is 3. The third kappa shape index (κ3) is 2.31. The van der Waals surface area contributed by atoms with Gasteiger partial charge in [0, 0.05) is 0 Å². The van der Waals surface area contributed by atoms with Crippen molar-refractivity contribution >= 4 is 0 Å². The lowest BCUT2D eigenvalue weighted by Crippen LogP contribution is -2.05. The monoisotopic (exact) mass is 252 g/mol. The number of hydrogen-bond donors (Lipinski definition) is 1. The Bertz CT molecular complexity index is 580. The van der Waals surface area contributed by atoms with Gasteiger partial charge in [0.15, 0.2) is 0 Å². The highest BCUT2D eigenvalue weighted by Gasteiger charge is 2.42. The van der Waals surface area contributed by atoms with E-state index in [0.29, 0.717) is 5.92 Å². The summed E-state index contributed by atoms with van der Waals surface area (Å²) < 4.78 is 0. The maximum Gasteiger partial charge on any atom is 0.0899 e. The van der Waals surface area contributed by atoms with E-state index in [0.717, 1.165) is 18.4 Å². The van der Waals surface area contributed by atoms with E-state index in [4.69, 9.17) is 0 Å². The molecule has 3 rings (SSSR count). The summed E-state index contributed by atoms with van der Waals surface area (Å²) in [5, 5.41) is 10.3. The van der Waals surface area contributed by atoms with Crippen LogP contribution in [-0.2, 0) is 5.60 Å². The largest absolute Gasteiger partial charge is 0.385 e. The van der Waals surface area contributed by atoms with Gasteiger partial charge in [0.25, 0.3) is 0 Å². The highest BCUT2D eigenvalue weighted by molar-refractivity contribution is 5.69. The summed E-state index contributed by atoms with van der Waals surface area (Å²) in [4.78, 5) is 0. The molecule has 1 saturated carbocycles. The van der Waals surface area contributed by atoms with Crippen molar-refractivity contribution in [3.8, 4) is 11.1 Å². The van der Waals surface area contributed by atoms with Gasteiger partial charge in [-0.25, -0.2) is 0 Å². The average Bonchev–Trinajstić information content (AvgIpc) is 3.18. The SMILES string of the molecule is CC(C)c1ccc(C2(O)CC2)cc1-c1ccccc1. The normalized spacial score (nSPS) is 16.6. The van der Waals surface area contributed by atoms with E-state index in [1.54, 1.807) is 0 Å². The Labute approximate surface area is 114 Å². The van der Waals surface area contributed by atoms with Crippen LogP contribution in [0.5, 0.6) is 0 Å². The Balaban J connectivity index is 2.13. The van der Waals surface area contributed by atoms with Gasteiger partial charge in [-0.3, -0.25) is 0 Å². The second-order valence-electron chi connectivity index (χ2n) is 5.85. The van der Waals surface area contributed by atoms with Gasteiger partial charge < -0.3 is 5.11 Å². The van der Waals surface area contributed by atoms with Gasteiger partial charge in [-0.15, -0.1) is 0 Å². The zero-order chi connectivity index (χ0) is 13.5. The van der Waals surface area contributed by atoms with Crippen LogP contribution in [0.1, 0.15) is 43.7 Å². The third-order valence-electron chi connectivity index (χ3n) is 4.02. The zero-order valence-corrected chi connectivity index (χ0v) is 11.6. The summed E-state index contributed by atoms with van der Waals surface area (Å²) in [7, 11) is 0. The summed E-state index contributed by atoms with van der Waals surface area (Å²) in [6.07, 6.45) is 1.78. The third-order valence-corrected chi connectivity index (χ3v) is 4.02. The molecule has 0 atom stereocenters. The van der Waals surface area contributed by atoms with Crippen LogP contribution in [-0.4, -0.2) is 5.11 Å². The van der Waals surface area contributed by atoms with Crippen LogP contribution in [0.4, 0.5) is 0 Å². The minimum atomic E-state index is -0.557. The zero-order valence-electron chi connectivity index (χ0n) is 11.6. The van der Waals surface area contributed by atoms with Gasteiger partial charge in [-0.05, 0) is 47.1 Å². The summed E-state index contributed by atoms with van der Waals surface area (Å²) >= 11 is 0. The second-order valence-corrected chi connectivity index (χ2v) is 5.85. The van der Waals surface area contributed by atoms with Gasteiger partial charge in [0.2, 0.25) is 0 Å². The van der Waals surface area contributed by atoms with Crippen molar-refractivity contribution in [1.29, 1.82) is 0 Å². The topological polar surface area (TPSA) is 20.2 Å². The molecular weight excluding hydrogens is 232 g/mol. The van der Waals surface area contributed by atoms with Gasteiger partial charge in [-0.2, -0.15) is 0 Å². The van der Waals surface area contributed by atoms with Crippen LogP contribution in [0.2, 0.25) is 0 Å². The maximum atomic E-state index is 10.3. The Hall–Kier alpha value is -1.60. The molecule has 0 unspecified atom stereocenters. The molecule has 19 heavy (non-hydrogen) atoms. The van der Waals surface area contributed by atoms with Crippen LogP contribution in [0.25, 0.3) is 11.1 Å². The second kappa shape index (κ2) is 4.50. The fourth-order valence-corrected chi connectivity index (χ4v) is 2.62. The molecule has 0 spiro atoms. The quantitative estimate of drug-likeness (QED) is 0.855. The van der Waals surface area contributed by atoms with Crippen LogP contribution in [0.15, 0.2) is 48.5 Å². The molecule has 1 aliphatic carbocycles. The van der Waals surface area contributed by atoms with Gasteiger partial charge in [0.05, 0.1) is 5.60 Å². The summed E-state index contributed by atoms with van der Waals surface area (Å²) in [6.45, 7) is 4.43. The van der Waals surface area contributed by atoms with Gasteiger partial charge in [0.1, 0.15) is 0 Å². The molecule has 0 aliphatic heterocycles. The summed E-state index contributed by atoms with van der Waals surface area (Å²) in [5.41, 5.74) is 4.35. The molecule has 0 heterocycles. The first-order chi connectivity index (χ1) is 9.10. The summed E-state index contributed by atoms with van der Waals surface area (Å²) in [6, 6.07) is 16.9. The molecule has 98 valence electrons. The molecule has 0 amide bonds. The molecule has 0 radical (unpaired) electrons. The first kappa shape index (κ1) is 12.4. The Kier molecular flexibility index (Phi) is 2.94. The fourth-order valence-electron chi connectivity index (χ4n) is 2.62. The lowest BCUT2D eigenvalue weighted by atomic mass is 9.89. The molecule has 2 aromatic rings. The van der Waals surface area contributed by atoms with E-state index in [1.807, 2.05) is 6.07 Å². The standard InChI is InChI=1S/C18H20O/c1-13(2)16-9-8-15(18(19)10-11-18)12-17(16)14-6-4-3-5-7-14/h3-9,12-13,19H,10-11H2,1-2H3. The smallest absolute Gasteiger partial charge is 0.0899 e. The maximum absolute atomic E-state index is 10.3. The molecule has 0 aromatic heterocycles. The van der Waals surface area contributed by atoms with E-state index in [9.17, 15) is 5.11 Å². The molecule has 1 aliphatic rings. The van der Waals surface area contributed by atoms with E-state index in [2.05, 4.69) is 56.3 Å². The van der Waals surface area contributed by atoms with Crippen molar-refractivity contribution in [2.24, 2.45) is 0 Å². The van der Waals surface area contributed by atoms with Crippen LogP contribution < -0.4 is 0 Å². The van der Waals surface area contributed by atoms with Crippen molar-refractivity contribution in [2.75, 3.05) is 0 Å². The lowest BCUT2D eigenvalue weighted by Gasteiger charge is -2.17. The van der Waals surface area contributed by atoms with Crippen molar-refractivity contribution in [3.05, 3.63) is 59.7 Å². The van der Waals surface area contributed by atoms with Crippen LogP contribution >= 0.6 is 0 Å². The van der Waals surface area contributed by atoms with E-state index < -0.39 is 5.60 Å². The number of hydrogen-bond acceptors (Lipinski definition) is 1. The first-order valence-corrected chi connectivity index (χ1v) is 7.02. The highest BCUT2D eigenvalue weighted by Crippen LogP contribution is 2.46. The van der Waals surface area contributed by atoms with Crippen molar-refractivity contribution < 1.29 is 5.11 Å². The number of aliphatic hydroxyl groups is 1.